The number of carbonyl (C=O) groups excluding carboxylic acids is 1. The van der Waals surface area contributed by atoms with Crippen LogP contribution in [0.3, 0.4) is 0 Å². The van der Waals surface area contributed by atoms with Gasteiger partial charge in [0.2, 0.25) is 15.9 Å². The van der Waals surface area contributed by atoms with E-state index in [0.717, 1.165) is 19.3 Å². The molecule has 8 heteroatoms. The SMILES string of the molecule is COc1ccc(C(CC(=O)NC2CCCCC2C)NS(=O)(=O)c2ccc(OC)cc2)cc1. The van der Waals surface area contributed by atoms with Crippen molar-refractivity contribution in [1.82, 2.24) is 10.0 Å². The van der Waals surface area contributed by atoms with E-state index in [4.69, 9.17) is 9.47 Å². The Kier molecular flexibility index (Phi) is 8.15. The normalized spacial score (nSPS) is 19.7. The van der Waals surface area contributed by atoms with Crippen molar-refractivity contribution < 1.29 is 22.7 Å². The Balaban J connectivity index is 1.80. The zero-order chi connectivity index (χ0) is 23.1. The fraction of sp³-hybridized carbons (Fsp3) is 0.458. The Morgan fingerprint density at radius 3 is 2.09 bits per heavy atom. The van der Waals surface area contributed by atoms with Gasteiger partial charge in [-0.15, -0.1) is 0 Å². The fourth-order valence-corrected chi connectivity index (χ4v) is 5.28. The zero-order valence-electron chi connectivity index (χ0n) is 18.8. The lowest BCUT2D eigenvalue weighted by atomic mass is 9.86. The molecular weight excluding hydrogens is 428 g/mol. The highest BCUT2D eigenvalue weighted by Gasteiger charge is 2.27. The number of amides is 1. The zero-order valence-corrected chi connectivity index (χ0v) is 19.7. The molecule has 1 aliphatic carbocycles. The molecule has 1 amide bonds. The van der Waals surface area contributed by atoms with Crippen molar-refractivity contribution in [3.05, 3.63) is 54.1 Å². The first-order valence-electron chi connectivity index (χ1n) is 10.9. The molecule has 7 nitrogen and oxygen atoms in total. The average molecular weight is 461 g/mol. The third-order valence-corrected chi connectivity index (χ3v) is 7.52. The van der Waals surface area contributed by atoms with Crippen molar-refractivity contribution in [2.45, 2.75) is 56.0 Å². The molecule has 0 bridgehead atoms. The summed E-state index contributed by atoms with van der Waals surface area (Å²) < 4.78 is 39.1. The van der Waals surface area contributed by atoms with Gasteiger partial charge in [0.15, 0.2) is 0 Å². The Hall–Kier alpha value is -2.58. The molecule has 1 aliphatic rings. The summed E-state index contributed by atoms with van der Waals surface area (Å²) in [7, 11) is -0.766. The van der Waals surface area contributed by atoms with Crippen molar-refractivity contribution >= 4 is 15.9 Å². The van der Waals surface area contributed by atoms with Crippen molar-refractivity contribution in [3.8, 4) is 11.5 Å². The van der Waals surface area contributed by atoms with Crippen LogP contribution < -0.4 is 19.5 Å². The summed E-state index contributed by atoms with van der Waals surface area (Å²) in [6, 6.07) is 12.6. The van der Waals surface area contributed by atoms with Crippen molar-refractivity contribution in [1.29, 1.82) is 0 Å². The van der Waals surface area contributed by atoms with Crippen LogP contribution in [0.5, 0.6) is 11.5 Å². The Morgan fingerprint density at radius 2 is 1.53 bits per heavy atom. The molecule has 0 spiro atoms. The van der Waals surface area contributed by atoms with Crippen LogP contribution in [0.2, 0.25) is 0 Å². The number of carbonyl (C=O) groups is 1. The van der Waals surface area contributed by atoms with E-state index >= 15 is 0 Å². The first kappa shape index (κ1) is 24.1. The molecule has 0 radical (unpaired) electrons. The van der Waals surface area contributed by atoms with Gasteiger partial charge in [0.05, 0.1) is 25.2 Å². The molecule has 3 atom stereocenters. The van der Waals surface area contributed by atoms with Gasteiger partial charge in [-0.25, -0.2) is 13.1 Å². The Morgan fingerprint density at radius 1 is 0.969 bits per heavy atom. The van der Waals surface area contributed by atoms with Crippen LogP contribution in [0, 0.1) is 5.92 Å². The number of ether oxygens (including phenoxy) is 2. The summed E-state index contributed by atoms with van der Waals surface area (Å²) >= 11 is 0. The van der Waals surface area contributed by atoms with E-state index in [1.807, 2.05) is 0 Å². The predicted octanol–water partition coefficient (Wildman–Crippen LogP) is 3.81. The van der Waals surface area contributed by atoms with Gasteiger partial charge < -0.3 is 14.8 Å². The summed E-state index contributed by atoms with van der Waals surface area (Å²) in [5.74, 6) is 1.48. The van der Waals surface area contributed by atoms with Gasteiger partial charge in [-0.1, -0.05) is 31.9 Å². The van der Waals surface area contributed by atoms with Crippen LogP contribution in [-0.4, -0.2) is 34.6 Å². The highest BCUT2D eigenvalue weighted by molar-refractivity contribution is 7.89. The summed E-state index contributed by atoms with van der Waals surface area (Å²) in [6.45, 7) is 2.15. The molecule has 0 aliphatic heterocycles. The van der Waals surface area contributed by atoms with Gasteiger partial charge in [-0.05, 0) is 60.7 Å². The molecule has 2 aromatic rings. The molecule has 2 N–H and O–H groups in total. The Labute approximate surface area is 190 Å². The van der Waals surface area contributed by atoms with Crippen LogP contribution >= 0.6 is 0 Å². The van der Waals surface area contributed by atoms with Crippen LogP contribution in [0.4, 0.5) is 0 Å². The number of sulfonamides is 1. The minimum Gasteiger partial charge on any atom is -0.497 e. The van der Waals surface area contributed by atoms with Crippen LogP contribution in [0.25, 0.3) is 0 Å². The standard InChI is InChI=1S/C24H32N2O5S/c1-17-6-4-5-7-22(17)25-24(27)16-23(18-8-10-19(30-2)11-9-18)26-32(28,29)21-14-12-20(31-3)13-15-21/h8-15,17,22-23,26H,4-7,16H2,1-3H3,(H,25,27). The van der Waals surface area contributed by atoms with Gasteiger partial charge in [0.1, 0.15) is 11.5 Å². The molecule has 3 rings (SSSR count). The van der Waals surface area contributed by atoms with Gasteiger partial charge in [0, 0.05) is 12.5 Å². The van der Waals surface area contributed by atoms with Gasteiger partial charge >= 0.3 is 0 Å². The summed E-state index contributed by atoms with van der Waals surface area (Å²) in [6.07, 6.45) is 4.34. The largest absolute Gasteiger partial charge is 0.497 e. The quantitative estimate of drug-likeness (QED) is 0.594. The molecule has 1 fully saturated rings. The van der Waals surface area contributed by atoms with E-state index in [9.17, 15) is 13.2 Å². The molecule has 1 saturated carbocycles. The average Bonchev–Trinajstić information content (AvgIpc) is 2.80. The van der Waals surface area contributed by atoms with Gasteiger partial charge in [-0.3, -0.25) is 4.79 Å². The number of methoxy groups -OCH3 is 2. The molecule has 3 unspecified atom stereocenters. The van der Waals surface area contributed by atoms with Crippen molar-refractivity contribution in [2.24, 2.45) is 5.92 Å². The molecule has 32 heavy (non-hydrogen) atoms. The van der Waals surface area contributed by atoms with E-state index in [2.05, 4.69) is 17.0 Å². The van der Waals surface area contributed by atoms with E-state index in [1.54, 1.807) is 43.5 Å². The topological polar surface area (TPSA) is 93.7 Å². The van der Waals surface area contributed by atoms with Crippen LogP contribution in [-0.2, 0) is 14.8 Å². The Bertz CT molecular complexity index is 990. The summed E-state index contributed by atoms with van der Waals surface area (Å²) in [5, 5.41) is 3.12. The second-order valence-corrected chi connectivity index (χ2v) is 9.98. The third-order valence-electron chi connectivity index (χ3n) is 6.03. The maximum absolute atomic E-state index is 13.1. The first-order valence-corrected chi connectivity index (χ1v) is 12.4. The lowest BCUT2D eigenvalue weighted by Crippen LogP contribution is -2.42. The predicted molar refractivity (Wildman–Crippen MR) is 123 cm³/mol. The van der Waals surface area contributed by atoms with Crippen molar-refractivity contribution in [3.63, 3.8) is 0 Å². The number of hydrogen-bond acceptors (Lipinski definition) is 5. The fourth-order valence-electron chi connectivity index (χ4n) is 4.06. The molecule has 0 aromatic heterocycles. The van der Waals surface area contributed by atoms with E-state index in [1.165, 1.54) is 25.7 Å². The molecule has 2 aromatic carbocycles. The lowest BCUT2D eigenvalue weighted by Gasteiger charge is -2.30. The monoisotopic (exact) mass is 460 g/mol. The smallest absolute Gasteiger partial charge is 0.241 e. The van der Waals surface area contributed by atoms with Crippen molar-refractivity contribution in [2.75, 3.05) is 14.2 Å². The number of rotatable bonds is 9. The molecule has 0 heterocycles. The minimum atomic E-state index is -3.85. The maximum atomic E-state index is 13.1. The van der Waals surface area contributed by atoms with E-state index < -0.39 is 16.1 Å². The van der Waals surface area contributed by atoms with Gasteiger partial charge in [-0.2, -0.15) is 0 Å². The highest BCUT2D eigenvalue weighted by Crippen LogP contribution is 2.26. The van der Waals surface area contributed by atoms with E-state index in [-0.39, 0.29) is 23.3 Å². The van der Waals surface area contributed by atoms with E-state index in [0.29, 0.717) is 23.0 Å². The second kappa shape index (κ2) is 10.8. The lowest BCUT2D eigenvalue weighted by molar-refractivity contribution is -0.122. The number of hydrogen-bond donors (Lipinski definition) is 2. The third kappa shape index (κ3) is 6.23. The summed E-state index contributed by atoms with van der Waals surface area (Å²) in [5.41, 5.74) is 0.690. The minimum absolute atomic E-state index is 0.00489. The van der Waals surface area contributed by atoms with Crippen LogP contribution in [0.1, 0.15) is 50.6 Å². The second-order valence-electron chi connectivity index (χ2n) is 8.26. The van der Waals surface area contributed by atoms with Crippen LogP contribution in [0.15, 0.2) is 53.4 Å². The maximum Gasteiger partial charge on any atom is 0.241 e. The number of benzene rings is 2. The highest BCUT2D eigenvalue weighted by atomic mass is 32.2. The molecule has 174 valence electrons. The molecule has 0 saturated heterocycles. The molecular formula is C24H32N2O5S. The summed E-state index contributed by atoms with van der Waals surface area (Å²) in [4.78, 5) is 13.0. The first-order chi connectivity index (χ1) is 15.3. The number of nitrogens with one attached hydrogen (secondary N) is 2. The van der Waals surface area contributed by atoms with Gasteiger partial charge in [0.25, 0.3) is 0 Å².